The minimum Gasteiger partial charge on any atom is -0.368 e. The zero-order valence-electron chi connectivity index (χ0n) is 17.9. The van der Waals surface area contributed by atoms with E-state index in [0.717, 1.165) is 16.7 Å². The average molecular weight is 433 g/mol. The van der Waals surface area contributed by atoms with Crippen molar-refractivity contribution in [1.29, 1.82) is 0 Å². The smallest absolute Gasteiger partial charge is 0.187 e. The van der Waals surface area contributed by atoms with Crippen LogP contribution in [0.25, 0.3) is 0 Å². The van der Waals surface area contributed by atoms with E-state index in [1.807, 2.05) is 66.7 Å². The van der Waals surface area contributed by atoms with Crippen LogP contribution in [0, 0.1) is 0 Å². The van der Waals surface area contributed by atoms with E-state index in [1.54, 1.807) is 0 Å². The molecule has 166 valence electrons. The molecule has 0 spiro atoms. The van der Waals surface area contributed by atoms with Crippen LogP contribution in [0.3, 0.4) is 0 Å². The SMILES string of the molecule is c1ccc(CO[C@@H]2[C@H](OCc3ccccc3)[C@@H]3OC[C@@H](O3)[C@H]2OCc2ccccc2)cc1. The third-order valence-corrected chi connectivity index (χ3v) is 5.87. The Morgan fingerprint density at radius 2 is 1.00 bits per heavy atom. The Hall–Kier alpha value is -2.54. The van der Waals surface area contributed by atoms with Gasteiger partial charge < -0.3 is 23.7 Å². The summed E-state index contributed by atoms with van der Waals surface area (Å²) in [5.74, 6) is 0. The lowest BCUT2D eigenvalue weighted by molar-refractivity contribution is -0.268. The first-order valence-electron chi connectivity index (χ1n) is 11.1. The molecule has 0 saturated carbocycles. The largest absolute Gasteiger partial charge is 0.368 e. The fourth-order valence-corrected chi connectivity index (χ4v) is 4.20. The summed E-state index contributed by atoms with van der Waals surface area (Å²) in [5, 5.41) is 0. The van der Waals surface area contributed by atoms with E-state index in [0.29, 0.717) is 26.4 Å². The van der Waals surface area contributed by atoms with E-state index in [4.69, 9.17) is 23.7 Å². The highest BCUT2D eigenvalue weighted by atomic mass is 16.8. The van der Waals surface area contributed by atoms with E-state index in [-0.39, 0.29) is 18.3 Å². The maximum Gasteiger partial charge on any atom is 0.187 e. The van der Waals surface area contributed by atoms with Gasteiger partial charge in [0.2, 0.25) is 0 Å². The maximum atomic E-state index is 6.44. The van der Waals surface area contributed by atoms with Gasteiger partial charge in [-0.05, 0) is 16.7 Å². The summed E-state index contributed by atoms with van der Waals surface area (Å²) in [7, 11) is 0. The standard InChI is InChI=1S/C27H28O5/c1-4-10-20(11-5-1)16-28-24-23-19-31-27(32-23)26(30-18-22-14-8-3-9-15-22)25(24)29-17-21-12-6-2-7-13-21/h1-15,23-27H,16-19H2/t23-,24-,25+,26+,27-/m1/s1. The minimum atomic E-state index is -0.457. The number of hydrogen-bond acceptors (Lipinski definition) is 5. The van der Waals surface area contributed by atoms with Crippen molar-refractivity contribution in [3.05, 3.63) is 108 Å². The monoisotopic (exact) mass is 432 g/mol. The molecule has 0 unspecified atom stereocenters. The van der Waals surface area contributed by atoms with Crippen LogP contribution in [0.4, 0.5) is 0 Å². The number of ether oxygens (including phenoxy) is 5. The van der Waals surface area contributed by atoms with Crippen molar-refractivity contribution >= 4 is 0 Å². The lowest BCUT2D eigenvalue weighted by Gasteiger charge is -2.40. The van der Waals surface area contributed by atoms with Crippen molar-refractivity contribution in [2.75, 3.05) is 6.61 Å². The zero-order valence-corrected chi connectivity index (χ0v) is 17.9. The Kier molecular flexibility index (Phi) is 6.92. The van der Waals surface area contributed by atoms with Gasteiger partial charge in [-0.2, -0.15) is 0 Å². The second-order valence-corrected chi connectivity index (χ2v) is 8.16. The molecule has 0 aromatic heterocycles. The molecular weight excluding hydrogens is 404 g/mol. The van der Waals surface area contributed by atoms with Crippen LogP contribution >= 0.6 is 0 Å². The Bertz CT molecular complexity index is 892. The van der Waals surface area contributed by atoms with Crippen molar-refractivity contribution in [3.63, 3.8) is 0 Å². The van der Waals surface area contributed by atoms with Gasteiger partial charge in [-0.1, -0.05) is 91.0 Å². The van der Waals surface area contributed by atoms with Gasteiger partial charge in [0, 0.05) is 0 Å². The van der Waals surface area contributed by atoms with Crippen molar-refractivity contribution in [2.45, 2.75) is 50.5 Å². The predicted molar refractivity (Wildman–Crippen MR) is 120 cm³/mol. The molecule has 2 aliphatic rings. The summed E-state index contributed by atoms with van der Waals surface area (Å²) < 4.78 is 31.2. The van der Waals surface area contributed by atoms with Gasteiger partial charge in [0.25, 0.3) is 0 Å². The molecule has 32 heavy (non-hydrogen) atoms. The maximum absolute atomic E-state index is 6.44. The number of benzene rings is 3. The molecule has 2 fully saturated rings. The topological polar surface area (TPSA) is 46.2 Å². The Morgan fingerprint density at radius 1 is 0.562 bits per heavy atom. The van der Waals surface area contributed by atoms with Gasteiger partial charge in [0.1, 0.15) is 24.4 Å². The van der Waals surface area contributed by atoms with Crippen molar-refractivity contribution < 1.29 is 23.7 Å². The first-order chi connectivity index (χ1) is 15.9. The fourth-order valence-electron chi connectivity index (χ4n) is 4.20. The van der Waals surface area contributed by atoms with Gasteiger partial charge in [0.15, 0.2) is 6.29 Å². The zero-order chi connectivity index (χ0) is 21.6. The molecule has 0 aliphatic carbocycles. The first kappa shape index (κ1) is 21.3. The Labute approximate surface area is 188 Å². The van der Waals surface area contributed by atoms with Gasteiger partial charge in [-0.25, -0.2) is 0 Å². The predicted octanol–water partition coefficient (Wildman–Crippen LogP) is 4.50. The molecule has 5 rings (SSSR count). The lowest BCUT2D eigenvalue weighted by Crippen LogP contribution is -2.56. The summed E-state index contributed by atoms with van der Waals surface area (Å²) in [6.07, 6.45) is -1.63. The lowest BCUT2D eigenvalue weighted by atomic mass is 10.00. The third-order valence-electron chi connectivity index (χ3n) is 5.87. The summed E-state index contributed by atoms with van der Waals surface area (Å²) in [5.41, 5.74) is 3.31. The van der Waals surface area contributed by atoms with E-state index < -0.39 is 12.4 Å². The molecular formula is C27H28O5. The first-order valence-corrected chi connectivity index (χ1v) is 11.1. The van der Waals surface area contributed by atoms with Gasteiger partial charge >= 0.3 is 0 Å². The van der Waals surface area contributed by atoms with Crippen LogP contribution in [0.2, 0.25) is 0 Å². The second kappa shape index (κ2) is 10.4. The number of fused-ring (bicyclic) bond motifs is 2. The summed E-state index contributed by atoms with van der Waals surface area (Å²) in [6, 6.07) is 30.4. The second-order valence-electron chi connectivity index (χ2n) is 8.16. The van der Waals surface area contributed by atoms with Crippen molar-refractivity contribution in [1.82, 2.24) is 0 Å². The molecule has 3 aromatic carbocycles. The van der Waals surface area contributed by atoms with Crippen molar-refractivity contribution in [3.8, 4) is 0 Å². The van der Waals surface area contributed by atoms with E-state index in [1.165, 1.54) is 0 Å². The van der Waals surface area contributed by atoms with E-state index >= 15 is 0 Å². The molecule has 2 saturated heterocycles. The molecule has 2 aliphatic heterocycles. The highest BCUT2D eigenvalue weighted by Gasteiger charge is 2.52. The fraction of sp³-hybridized carbons (Fsp3) is 0.333. The van der Waals surface area contributed by atoms with Crippen LogP contribution in [0.5, 0.6) is 0 Å². The molecule has 0 amide bonds. The molecule has 5 heteroatoms. The summed E-state index contributed by atoms with van der Waals surface area (Å²) >= 11 is 0. The third kappa shape index (κ3) is 5.09. The van der Waals surface area contributed by atoms with E-state index in [2.05, 4.69) is 24.3 Å². The molecule has 2 bridgehead atoms. The van der Waals surface area contributed by atoms with Gasteiger partial charge in [-0.3, -0.25) is 0 Å². The van der Waals surface area contributed by atoms with Crippen LogP contribution in [0.1, 0.15) is 16.7 Å². The molecule has 0 radical (unpaired) electrons. The Balaban J connectivity index is 1.33. The minimum absolute atomic E-state index is 0.180. The quantitative estimate of drug-likeness (QED) is 0.498. The summed E-state index contributed by atoms with van der Waals surface area (Å²) in [6.45, 7) is 1.88. The molecule has 2 heterocycles. The number of hydrogen-bond donors (Lipinski definition) is 0. The molecule has 5 atom stereocenters. The normalized spacial score (nSPS) is 26.8. The summed E-state index contributed by atoms with van der Waals surface area (Å²) in [4.78, 5) is 0. The number of rotatable bonds is 9. The molecule has 5 nitrogen and oxygen atoms in total. The van der Waals surface area contributed by atoms with E-state index in [9.17, 15) is 0 Å². The van der Waals surface area contributed by atoms with Crippen LogP contribution in [0.15, 0.2) is 91.0 Å². The average Bonchev–Trinajstić information content (AvgIpc) is 3.29. The molecule has 0 N–H and O–H groups in total. The van der Waals surface area contributed by atoms with Crippen molar-refractivity contribution in [2.24, 2.45) is 0 Å². The Morgan fingerprint density at radius 3 is 1.50 bits per heavy atom. The van der Waals surface area contributed by atoms with Crippen LogP contribution in [-0.2, 0) is 43.5 Å². The highest BCUT2D eigenvalue weighted by molar-refractivity contribution is 5.15. The molecule has 3 aromatic rings. The highest BCUT2D eigenvalue weighted by Crippen LogP contribution is 2.35. The van der Waals surface area contributed by atoms with Crippen LogP contribution < -0.4 is 0 Å². The van der Waals surface area contributed by atoms with Gasteiger partial charge in [-0.15, -0.1) is 0 Å². The van der Waals surface area contributed by atoms with Gasteiger partial charge in [0.05, 0.1) is 26.4 Å². The van der Waals surface area contributed by atoms with Crippen LogP contribution in [-0.4, -0.2) is 37.3 Å².